The van der Waals surface area contributed by atoms with Gasteiger partial charge in [-0.05, 0) is 39.2 Å². The minimum Gasteiger partial charge on any atom is -0.372 e. The molecule has 2 bridgehead atoms. The van der Waals surface area contributed by atoms with E-state index in [1.54, 1.807) is 0 Å². The molecule has 0 aromatic heterocycles. The predicted molar refractivity (Wildman–Crippen MR) is 64.6 cm³/mol. The standard InChI is InChI=1S/C13H24N2O/c1-13(6-2-3-7-14-13)10-15-8-11-4-5-12(9-15)16-11/h11-12,14H,2-10H2,1H3. The molecule has 3 saturated heterocycles. The van der Waals surface area contributed by atoms with Crippen LogP contribution in [0.2, 0.25) is 0 Å². The number of hydrogen-bond acceptors (Lipinski definition) is 3. The lowest BCUT2D eigenvalue weighted by Crippen LogP contribution is -2.56. The summed E-state index contributed by atoms with van der Waals surface area (Å²) in [7, 11) is 0. The fourth-order valence-corrected chi connectivity index (χ4v) is 3.58. The summed E-state index contributed by atoms with van der Waals surface area (Å²) in [5, 5.41) is 3.71. The number of morpholine rings is 1. The van der Waals surface area contributed by atoms with Crippen molar-refractivity contribution in [1.29, 1.82) is 0 Å². The van der Waals surface area contributed by atoms with Crippen LogP contribution in [0.25, 0.3) is 0 Å². The van der Waals surface area contributed by atoms with Crippen molar-refractivity contribution in [3.63, 3.8) is 0 Å². The van der Waals surface area contributed by atoms with Gasteiger partial charge in [0.25, 0.3) is 0 Å². The minimum atomic E-state index is 0.356. The van der Waals surface area contributed by atoms with Gasteiger partial charge in [0.05, 0.1) is 12.2 Å². The molecule has 0 radical (unpaired) electrons. The first-order valence-electron chi connectivity index (χ1n) is 6.86. The lowest BCUT2D eigenvalue weighted by molar-refractivity contribution is -0.0465. The average Bonchev–Trinajstić information content (AvgIpc) is 2.58. The van der Waals surface area contributed by atoms with E-state index in [2.05, 4.69) is 17.1 Å². The molecular weight excluding hydrogens is 200 g/mol. The first kappa shape index (κ1) is 11.0. The van der Waals surface area contributed by atoms with Crippen molar-refractivity contribution >= 4 is 0 Å². The number of rotatable bonds is 2. The molecular formula is C13H24N2O. The SMILES string of the molecule is CC1(CN2CC3CCC(C2)O3)CCCCN1. The number of piperidine rings is 1. The number of nitrogens with zero attached hydrogens (tertiary/aromatic N) is 1. The summed E-state index contributed by atoms with van der Waals surface area (Å²) >= 11 is 0. The Labute approximate surface area is 98.5 Å². The van der Waals surface area contributed by atoms with Crippen LogP contribution in [0.1, 0.15) is 39.0 Å². The second kappa shape index (κ2) is 4.28. The molecule has 92 valence electrons. The third-order valence-corrected chi connectivity index (χ3v) is 4.40. The quantitative estimate of drug-likeness (QED) is 0.767. The monoisotopic (exact) mass is 224 g/mol. The van der Waals surface area contributed by atoms with E-state index in [-0.39, 0.29) is 0 Å². The van der Waals surface area contributed by atoms with Crippen LogP contribution in [0.4, 0.5) is 0 Å². The molecule has 0 aromatic carbocycles. The highest BCUT2D eigenvalue weighted by Gasteiger charge is 2.37. The van der Waals surface area contributed by atoms with Gasteiger partial charge in [0.2, 0.25) is 0 Å². The summed E-state index contributed by atoms with van der Waals surface area (Å²) in [6.07, 6.45) is 7.71. The molecule has 16 heavy (non-hydrogen) atoms. The number of ether oxygens (including phenoxy) is 1. The van der Waals surface area contributed by atoms with Crippen LogP contribution in [-0.2, 0) is 4.74 Å². The van der Waals surface area contributed by atoms with Crippen LogP contribution in [0.15, 0.2) is 0 Å². The van der Waals surface area contributed by atoms with Crippen molar-refractivity contribution in [2.24, 2.45) is 0 Å². The van der Waals surface area contributed by atoms with E-state index < -0.39 is 0 Å². The number of likely N-dealkylation sites (tertiary alicyclic amines) is 1. The van der Waals surface area contributed by atoms with Gasteiger partial charge in [-0.2, -0.15) is 0 Å². The van der Waals surface area contributed by atoms with Crippen LogP contribution in [0.5, 0.6) is 0 Å². The van der Waals surface area contributed by atoms with Crippen LogP contribution in [-0.4, -0.2) is 48.8 Å². The number of hydrogen-bond donors (Lipinski definition) is 1. The molecule has 0 aromatic rings. The fourth-order valence-electron chi connectivity index (χ4n) is 3.58. The first-order valence-corrected chi connectivity index (χ1v) is 6.86. The van der Waals surface area contributed by atoms with Crippen LogP contribution < -0.4 is 5.32 Å². The van der Waals surface area contributed by atoms with Crippen molar-refractivity contribution in [3.8, 4) is 0 Å². The van der Waals surface area contributed by atoms with Gasteiger partial charge in [0.1, 0.15) is 0 Å². The van der Waals surface area contributed by atoms with E-state index in [4.69, 9.17) is 4.74 Å². The Kier molecular flexibility index (Phi) is 2.94. The zero-order valence-corrected chi connectivity index (χ0v) is 10.4. The molecule has 1 N–H and O–H groups in total. The minimum absolute atomic E-state index is 0.356. The highest BCUT2D eigenvalue weighted by molar-refractivity contribution is 4.93. The summed E-state index contributed by atoms with van der Waals surface area (Å²) < 4.78 is 5.89. The molecule has 3 aliphatic rings. The molecule has 3 aliphatic heterocycles. The summed E-state index contributed by atoms with van der Waals surface area (Å²) in [4.78, 5) is 2.63. The van der Waals surface area contributed by atoms with Gasteiger partial charge in [0, 0.05) is 25.2 Å². The first-order chi connectivity index (χ1) is 7.73. The maximum atomic E-state index is 5.89. The number of nitrogens with one attached hydrogen (secondary N) is 1. The molecule has 3 nitrogen and oxygen atoms in total. The molecule has 3 rings (SSSR count). The Morgan fingerprint density at radius 2 is 2.00 bits per heavy atom. The van der Waals surface area contributed by atoms with E-state index in [1.165, 1.54) is 45.2 Å². The Morgan fingerprint density at radius 1 is 1.25 bits per heavy atom. The molecule has 0 amide bonds. The zero-order valence-electron chi connectivity index (χ0n) is 10.4. The van der Waals surface area contributed by atoms with Gasteiger partial charge >= 0.3 is 0 Å². The highest BCUT2D eigenvalue weighted by atomic mass is 16.5. The van der Waals surface area contributed by atoms with Gasteiger partial charge in [-0.1, -0.05) is 6.42 Å². The largest absolute Gasteiger partial charge is 0.372 e. The molecule has 0 aliphatic carbocycles. The van der Waals surface area contributed by atoms with Gasteiger partial charge in [-0.25, -0.2) is 0 Å². The third kappa shape index (κ3) is 2.27. The molecule has 3 heterocycles. The van der Waals surface area contributed by atoms with Crippen molar-refractivity contribution < 1.29 is 4.74 Å². The topological polar surface area (TPSA) is 24.5 Å². The van der Waals surface area contributed by atoms with Gasteiger partial charge in [-0.3, -0.25) is 4.90 Å². The Hall–Kier alpha value is -0.120. The van der Waals surface area contributed by atoms with E-state index in [1.807, 2.05) is 0 Å². The Balaban J connectivity index is 1.57. The Morgan fingerprint density at radius 3 is 2.62 bits per heavy atom. The molecule has 0 spiro atoms. The third-order valence-electron chi connectivity index (χ3n) is 4.40. The van der Waals surface area contributed by atoms with Gasteiger partial charge in [0.15, 0.2) is 0 Å². The van der Waals surface area contributed by atoms with Crippen LogP contribution >= 0.6 is 0 Å². The van der Waals surface area contributed by atoms with Crippen molar-refractivity contribution in [3.05, 3.63) is 0 Å². The number of fused-ring (bicyclic) bond motifs is 2. The van der Waals surface area contributed by atoms with E-state index in [0.717, 1.165) is 13.1 Å². The van der Waals surface area contributed by atoms with Gasteiger partial charge in [-0.15, -0.1) is 0 Å². The maximum Gasteiger partial charge on any atom is 0.0707 e. The summed E-state index contributed by atoms with van der Waals surface area (Å²) in [5.74, 6) is 0. The van der Waals surface area contributed by atoms with E-state index in [0.29, 0.717) is 17.7 Å². The van der Waals surface area contributed by atoms with Gasteiger partial charge < -0.3 is 10.1 Å². The van der Waals surface area contributed by atoms with E-state index >= 15 is 0 Å². The predicted octanol–water partition coefficient (Wildman–Crippen LogP) is 1.38. The van der Waals surface area contributed by atoms with Crippen molar-refractivity contribution in [2.75, 3.05) is 26.2 Å². The summed E-state index contributed by atoms with van der Waals surface area (Å²) in [6.45, 7) is 7.13. The average molecular weight is 224 g/mol. The molecule has 3 fully saturated rings. The molecule has 0 saturated carbocycles. The molecule has 3 heteroatoms. The lowest BCUT2D eigenvalue weighted by Gasteiger charge is -2.42. The fraction of sp³-hybridized carbons (Fsp3) is 1.00. The maximum absolute atomic E-state index is 5.89. The Bertz CT molecular complexity index is 238. The summed E-state index contributed by atoms with van der Waals surface area (Å²) in [5.41, 5.74) is 0.356. The zero-order chi connectivity index (χ0) is 11.0. The molecule has 3 unspecified atom stereocenters. The van der Waals surface area contributed by atoms with Crippen molar-refractivity contribution in [1.82, 2.24) is 10.2 Å². The second-order valence-corrected chi connectivity index (χ2v) is 6.10. The molecule has 3 atom stereocenters. The van der Waals surface area contributed by atoms with Crippen LogP contribution in [0, 0.1) is 0 Å². The smallest absolute Gasteiger partial charge is 0.0707 e. The normalized spacial score (nSPS) is 44.8. The summed E-state index contributed by atoms with van der Waals surface area (Å²) in [6, 6.07) is 0. The lowest BCUT2D eigenvalue weighted by atomic mass is 9.90. The second-order valence-electron chi connectivity index (χ2n) is 6.10. The van der Waals surface area contributed by atoms with Crippen LogP contribution in [0.3, 0.4) is 0 Å². The van der Waals surface area contributed by atoms with Crippen molar-refractivity contribution in [2.45, 2.75) is 56.8 Å². The van der Waals surface area contributed by atoms with E-state index in [9.17, 15) is 0 Å². The highest BCUT2D eigenvalue weighted by Crippen LogP contribution is 2.28.